The summed E-state index contributed by atoms with van der Waals surface area (Å²) in [6.07, 6.45) is 0. The quantitative estimate of drug-likeness (QED) is 0.800. The van der Waals surface area contributed by atoms with Crippen LogP contribution in [0.25, 0.3) is 0 Å². The fraction of sp³-hybridized carbons (Fsp3) is 0.143. The predicted octanol–water partition coefficient (Wildman–Crippen LogP) is 4.89. The van der Waals surface area contributed by atoms with Crippen LogP contribution in [0.3, 0.4) is 0 Å². The van der Waals surface area contributed by atoms with Crippen molar-refractivity contribution in [2.24, 2.45) is 5.73 Å². The van der Waals surface area contributed by atoms with Gasteiger partial charge >= 0.3 is 0 Å². The van der Waals surface area contributed by atoms with Crippen LogP contribution in [0.15, 0.2) is 57.9 Å². The summed E-state index contributed by atoms with van der Waals surface area (Å²) in [5.41, 5.74) is 7.03. The third-order valence-corrected chi connectivity index (χ3v) is 4.51. The second kappa shape index (κ2) is 6.62. The minimum Gasteiger partial charge on any atom is -0.329 e. The average molecular weight is 343 g/mol. The number of benzene rings is 2. The molecule has 18 heavy (non-hydrogen) atoms. The van der Waals surface area contributed by atoms with Crippen molar-refractivity contribution in [1.82, 2.24) is 0 Å². The lowest BCUT2D eigenvalue weighted by Crippen LogP contribution is -2.09. The normalized spacial score (nSPS) is 12.4. The van der Waals surface area contributed by atoms with E-state index in [2.05, 4.69) is 34.1 Å². The molecule has 0 radical (unpaired) electrons. The van der Waals surface area contributed by atoms with Crippen LogP contribution in [0.5, 0.6) is 0 Å². The Labute approximate surface area is 125 Å². The van der Waals surface area contributed by atoms with Crippen LogP contribution in [-0.2, 0) is 0 Å². The molecule has 0 saturated heterocycles. The van der Waals surface area contributed by atoms with Gasteiger partial charge in [-0.3, -0.25) is 0 Å². The highest BCUT2D eigenvalue weighted by atomic mass is 79.9. The first-order valence-corrected chi connectivity index (χ1v) is 7.62. The number of hydrogen-bond acceptors (Lipinski definition) is 2. The van der Waals surface area contributed by atoms with Gasteiger partial charge < -0.3 is 5.73 Å². The van der Waals surface area contributed by atoms with Gasteiger partial charge in [0.25, 0.3) is 0 Å². The summed E-state index contributed by atoms with van der Waals surface area (Å²) in [6, 6.07) is 16.1. The molecule has 2 rings (SSSR count). The SMILES string of the molecule is NCC(Sc1cccc(Br)c1)c1cccc(Cl)c1. The highest BCUT2D eigenvalue weighted by Gasteiger charge is 2.11. The molecule has 1 unspecified atom stereocenters. The summed E-state index contributed by atoms with van der Waals surface area (Å²) in [6.45, 7) is 0.581. The van der Waals surface area contributed by atoms with Gasteiger partial charge in [-0.1, -0.05) is 45.7 Å². The zero-order chi connectivity index (χ0) is 13.0. The van der Waals surface area contributed by atoms with Gasteiger partial charge in [0.1, 0.15) is 0 Å². The number of halogens is 2. The molecule has 1 nitrogen and oxygen atoms in total. The second-order valence-electron chi connectivity index (χ2n) is 3.85. The standard InChI is InChI=1S/C14H13BrClNS/c15-11-4-2-6-13(8-11)18-14(9-17)10-3-1-5-12(16)7-10/h1-8,14H,9,17H2. The molecule has 0 spiro atoms. The molecule has 0 saturated carbocycles. The Kier molecular flexibility index (Phi) is 5.13. The Bertz CT molecular complexity index is 533. The summed E-state index contributed by atoms with van der Waals surface area (Å²) in [7, 11) is 0. The molecule has 0 amide bonds. The fourth-order valence-electron chi connectivity index (χ4n) is 1.66. The smallest absolute Gasteiger partial charge is 0.0467 e. The predicted molar refractivity (Wildman–Crippen MR) is 83.2 cm³/mol. The fourth-order valence-corrected chi connectivity index (χ4v) is 3.47. The zero-order valence-corrected chi connectivity index (χ0v) is 12.8. The lowest BCUT2D eigenvalue weighted by atomic mass is 10.1. The van der Waals surface area contributed by atoms with Gasteiger partial charge in [-0.05, 0) is 35.9 Å². The Morgan fingerprint density at radius 3 is 2.61 bits per heavy atom. The monoisotopic (exact) mass is 341 g/mol. The summed E-state index contributed by atoms with van der Waals surface area (Å²) >= 11 is 11.2. The van der Waals surface area contributed by atoms with Crippen molar-refractivity contribution in [3.63, 3.8) is 0 Å². The molecular weight excluding hydrogens is 330 g/mol. The second-order valence-corrected chi connectivity index (χ2v) is 6.48. The molecule has 2 N–H and O–H groups in total. The van der Waals surface area contributed by atoms with Crippen molar-refractivity contribution in [2.45, 2.75) is 10.1 Å². The first-order valence-electron chi connectivity index (χ1n) is 5.57. The van der Waals surface area contributed by atoms with E-state index < -0.39 is 0 Å². The van der Waals surface area contributed by atoms with E-state index in [1.807, 2.05) is 30.3 Å². The highest BCUT2D eigenvalue weighted by molar-refractivity contribution is 9.10. The van der Waals surface area contributed by atoms with E-state index in [0.717, 1.165) is 15.1 Å². The van der Waals surface area contributed by atoms with Crippen LogP contribution in [0.4, 0.5) is 0 Å². The van der Waals surface area contributed by atoms with Crippen LogP contribution in [0.1, 0.15) is 10.8 Å². The zero-order valence-electron chi connectivity index (χ0n) is 9.64. The van der Waals surface area contributed by atoms with Crippen LogP contribution in [-0.4, -0.2) is 6.54 Å². The van der Waals surface area contributed by atoms with Crippen molar-refractivity contribution in [3.8, 4) is 0 Å². The van der Waals surface area contributed by atoms with Gasteiger partial charge in [0.2, 0.25) is 0 Å². The van der Waals surface area contributed by atoms with Crippen LogP contribution < -0.4 is 5.73 Å². The van der Waals surface area contributed by atoms with Gasteiger partial charge in [-0.2, -0.15) is 0 Å². The number of nitrogens with two attached hydrogens (primary N) is 1. The summed E-state index contributed by atoms with van der Waals surface area (Å²) in [5, 5.41) is 0.971. The third kappa shape index (κ3) is 3.75. The van der Waals surface area contributed by atoms with E-state index in [1.54, 1.807) is 11.8 Å². The molecule has 0 aliphatic carbocycles. The molecule has 1 atom stereocenters. The molecule has 2 aromatic carbocycles. The summed E-state index contributed by atoms with van der Waals surface area (Å²) in [4.78, 5) is 1.19. The van der Waals surface area contributed by atoms with E-state index in [-0.39, 0.29) is 5.25 Å². The number of hydrogen-bond donors (Lipinski definition) is 1. The van der Waals surface area contributed by atoms with Crippen molar-refractivity contribution < 1.29 is 0 Å². The molecule has 0 heterocycles. The van der Waals surface area contributed by atoms with Crippen LogP contribution >= 0.6 is 39.3 Å². The maximum Gasteiger partial charge on any atom is 0.0467 e. The van der Waals surface area contributed by atoms with Crippen molar-refractivity contribution in [2.75, 3.05) is 6.54 Å². The van der Waals surface area contributed by atoms with Crippen molar-refractivity contribution in [3.05, 3.63) is 63.6 Å². The highest BCUT2D eigenvalue weighted by Crippen LogP contribution is 2.36. The van der Waals surface area contributed by atoms with Crippen LogP contribution in [0.2, 0.25) is 5.02 Å². The van der Waals surface area contributed by atoms with E-state index >= 15 is 0 Å². The van der Waals surface area contributed by atoms with Gasteiger partial charge in [-0.15, -0.1) is 11.8 Å². The maximum atomic E-state index is 6.02. The Morgan fingerprint density at radius 1 is 1.17 bits per heavy atom. The Hall–Kier alpha value is -0.480. The summed E-state index contributed by atoms with van der Waals surface area (Å²) < 4.78 is 1.08. The lowest BCUT2D eigenvalue weighted by molar-refractivity contribution is 0.941. The first-order chi connectivity index (χ1) is 8.69. The first kappa shape index (κ1) is 13.9. The van der Waals surface area contributed by atoms with Crippen LogP contribution in [0, 0.1) is 0 Å². The topological polar surface area (TPSA) is 26.0 Å². The van der Waals surface area contributed by atoms with Gasteiger partial charge in [-0.25, -0.2) is 0 Å². The molecule has 94 valence electrons. The average Bonchev–Trinajstić information content (AvgIpc) is 2.36. The van der Waals surface area contributed by atoms with E-state index in [1.165, 1.54) is 4.90 Å². The lowest BCUT2D eigenvalue weighted by Gasteiger charge is -2.15. The summed E-state index contributed by atoms with van der Waals surface area (Å²) in [5.74, 6) is 0. The molecule has 0 aromatic heterocycles. The molecule has 0 aliphatic heterocycles. The van der Waals surface area contributed by atoms with E-state index in [9.17, 15) is 0 Å². The Balaban J connectivity index is 2.19. The minimum atomic E-state index is 0.220. The Morgan fingerprint density at radius 2 is 1.94 bits per heavy atom. The van der Waals surface area contributed by atoms with Gasteiger partial charge in [0, 0.05) is 26.2 Å². The maximum absolute atomic E-state index is 6.02. The molecular formula is C14H13BrClNS. The number of thioether (sulfide) groups is 1. The van der Waals surface area contributed by atoms with E-state index in [4.69, 9.17) is 17.3 Å². The van der Waals surface area contributed by atoms with Gasteiger partial charge in [0.15, 0.2) is 0 Å². The van der Waals surface area contributed by atoms with Crippen molar-refractivity contribution in [1.29, 1.82) is 0 Å². The largest absolute Gasteiger partial charge is 0.329 e. The molecule has 2 aromatic rings. The third-order valence-electron chi connectivity index (χ3n) is 2.51. The molecule has 4 heteroatoms. The van der Waals surface area contributed by atoms with Crippen molar-refractivity contribution >= 4 is 39.3 Å². The van der Waals surface area contributed by atoms with E-state index in [0.29, 0.717) is 6.54 Å². The van der Waals surface area contributed by atoms with Gasteiger partial charge in [0.05, 0.1) is 0 Å². The number of rotatable bonds is 4. The minimum absolute atomic E-state index is 0.220. The molecule has 0 bridgehead atoms. The molecule has 0 aliphatic rings. The molecule has 0 fully saturated rings.